The van der Waals surface area contributed by atoms with Crippen LogP contribution in [0.4, 0.5) is 16.2 Å². The minimum Gasteiger partial charge on any atom is -0.371 e. The Morgan fingerprint density at radius 1 is 1.06 bits per heavy atom. The molecule has 0 bridgehead atoms. The number of piperazine rings is 1. The molecule has 2 aromatic carbocycles. The summed E-state index contributed by atoms with van der Waals surface area (Å²) in [6, 6.07) is 14.5. The topological polar surface area (TPSA) is 88.0 Å². The molecule has 1 heterocycles. The Balaban J connectivity index is 1.46. The standard InChI is InChI=1S/C23H30N4O4/c1-23(2,3)31-17-19-6-4-5-18(15-19)16-24-22(28)26-13-11-25(12-14-26)20-7-9-21(10-8-20)27(29)30/h4-10,15H,11-14,16-17H2,1-3H3,(H,24,28). The van der Waals surface area contributed by atoms with E-state index in [1.807, 2.05) is 39.0 Å². The SMILES string of the molecule is CC(C)(C)OCc1cccc(CNC(=O)N2CCN(c3ccc([N+](=O)[O-])cc3)CC2)c1. The highest BCUT2D eigenvalue weighted by atomic mass is 16.6. The van der Waals surface area contributed by atoms with Crippen molar-refractivity contribution in [3.05, 3.63) is 69.8 Å². The van der Waals surface area contributed by atoms with Crippen molar-refractivity contribution in [1.82, 2.24) is 10.2 Å². The lowest BCUT2D eigenvalue weighted by molar-refractivity contribution is -0.384. The van der Waals surface area contributed by atoms with Crippen molar-refractivity contribution in [2.75, 3.05) is 31.1 Å². The van der Waals surface area contributed by atoms with Gasteiger partial charge in [0.25, 0.3) is 5.69 Å². The van der Waals surface area contributed by atoms with Crippen LogP contribution >= 0.6 is 0 Å². The Morgan fingerprint density at radius 2 is 1.71 bits per heavy atom. The fraction of sp³-hybridized carbons (Fsp3) is 0.435. The maximum Gasteiger partial charge on any atom is 0.317 e. The lowest BCUT2D eigenvalue weighted by Gasteiger charge is -2.36. The van der Waals surface area contributed by atoms with Gasteiger partial charge in [0.2, 0.25) is 0 Å². The van der Waals surface area contributed by atoms with Crippen LogP contribution in [0.3, 0.4) is 0 Å². The second kappa shape index (κ2) is 9.78. The first-order valence-corrected chi connectivity index (χ1v) is 10.5. The number of benzene rings is 2. The van der Waals surface area contributed by atoms with Gasteiger partial charge in [-0.1, -0.05) is 24.3 Å². The zero-order valence-corrected chi connectivity index (χ0v) is 18.3. The van der Waals surface area contributed by atoms with Crippen LogP contribution in [-0.4, -0.2) is 47.6 Å². The molecule has 2 amide bonds. The fourth-order valence-electron chi connectivity index (χ4n) is 3.37. The van der Waals surface area contributed by atoms with Crippen LogP contribution in [0.25, 0.3) is 0 Å². The first-order valence-electron chi connectivity index (χ1n) is 10.5. The van der Waals surface area contributed by atoms with Crippen LogP contribution in [0, 0.1) is 10.1 Å². The first kappa shape index (κ1) is 22.6. The van der Waals surface area contributed by atoms with Gasteiger partial charge >= 0.3 is 6.03 Å². The predicted octanol–water partition coefficient (Wildman–Crippen LogP) is 3.94. The minimum atomic E-state index is -0.403. The van der Waals surface area contributed by atoms with E-state index in [-0.39, 0.29) is 17.3 Å². The quantitative estimate of drug-likeness (QED) is 0.558. The molecule has 31 heavy (non-hydrogen) atoms. The second-order valence-electron chi connectivity index (χ2n) is 8.63. The monoisotopic (exact) mass is 426 g/mol. The van der Waals surface area contributed by atoms with Gasteiger partial charge in [-0.05, 0) is 44.0 Å². The molecule has 0 unspecified atom stereocenters. The van der Waals surface area contributed by atoms with E-state index in [0.29, 0.717) is 39.3 Å². The lowest BCUT2D eigenvalue weighted by Crippen LogP contribution is -2.51. The van der Waals surface area contributed by atoms with Crippen LogP contribution in [0.1, 0.15) is 31.9 Å². The molecule has 1 aliphatic rings. The van der Waals surface area contributed by atoms with Crippen molar-refractivity contribution in [1.29, 1.82) is 0 Å². The third-order valence-electron chi connectivity index (χ3n) is 5.10. The minimum absolute atomic E-state index is 0.0794. The average Bonchev–Trinajstić information content (AvgIpc) is 2.76. The van der Waals surface area contributed by atoms with E-state index in [2.05, 4.69) is 16.3 Å². The Morgan fingerprint density at radius 3 is 2.32 bits per heavy atom. The number of rotatable bonds is 6. The fourth-order valence-corrected chi connectivity index (χ4v) is 3.37. The highest BCUT2D eigenvalue weighted by Crippen LogP contribution is 2.20. The lowest BCUT2D eigenvalue weighted by atomic mass is 10.1. The number of carbonyl (C=O) groups is 1. The number of nitro groups is 1. The van der Waals surface area contributed by atoms with E-state index in [1.165, 1.54) is 12.1 Å². The number of hydrogen-bond acceptors (Lipinski definition) is 5. The Hall–Kier alpha value is -3.13. The van der Waals surface area contributed by atoms with Crippen LogP contribution < -0.4 is 10.2 Å². The summed E-state index contributed by atoms with van der Waals surface area (Å²) in [5, 5.41) is 13.8. The van der Waals surface area contributed by atoms with Gasteiger partial charge in [-0.3, -0.25) is 10.1 Å². The maximum atomic E-state index is 12.6. The average molecular weight is 427 g/mol. The van der Waals surface area contributed by atoms with Crippen LogP contribution in [0.2, 0.25) is 0 Å². The van der Waals surface area contributed by atoms with Crippen LogP contribution in [0.15, 0.2) is 48.5 Å². The van der Waals surface area contributed by atoms with E-state index in [4.69, 9.17) is 4.74 Å². The van der Waals surface area contributed by atoms with Gasteiger partial charge in [-0.15, -0.1) is 0 Å². The van der Waals surface area contributed by atoms with Crippen molar-refractivity contribution in [2.45, 2.75) is 39.5 Å². The molecule has 1 N–H and O–H groups in total. The Bertz CT molecular complexity index is 901. The number of urea groups is 1. The predicted molar refractivity (Wildman–Crippen MR) is 120 cm³/mol. The number of ether oxygens (including phenoxy) is 1. The molecule has 3 rings (SSSR count). The van der Waals surface area contributed by atoms with Gasteiger partial charge in [-0.25, -0.2) is 4.79 Å². The molecule has 166 valence electrons. The summed E-state index contributed by atoms with van der Waals surface area (Å²) in [5.41, 5.74) is 2.93. The van der Waals surface area contributed by atoms with Crippen molar-refractivity contribution < 1.29 is 14.5 Å². The Labute approximate surface area is 182 Å². The summed E-state index contributed by atoms with van der Waals surface area (Å²) < 4.78 is 5.82. The first-order chi connectivity index (χ1) is 14.7. The number of nitrogens with zero attached hydrogens (tertiary/aromatic N) is 3. The molecule has 0 radical (unpaired) electrons. The molecule has 0 atom stereocenters. The molecule has 0 aliphatic carbocycles. The maximum absolute atomic E-state index is 12.6. The van der Waals surface area contributed by atoms with Crippen molar-refractivity contribution in [2.24, 2.45) is 0 Å². The second-order valence-corrected chi connectivity index (χ2v) is 8.63. The van der Waals surface area contributed by atoms with Crippen molar-refractivity contribution in [3.63, 3.8) is 0 Å². The summed E-state index contributed by atoms with van der Waals surface area (Å²) in [4.78, 5) is 26.9. The van der Waals surface area contributed by atoms with Gasteiger partial charge < -0.3 is 19.9 Å². The van der Waals surface area contributed by atoms with E-state index < -0.39 is 4.92 Å². The molecule has 8 heteroatoms. The molecule has 0 aromatic heterocycles. The van der Waals surface area contributed by atoms with Gasteiger partial charge in [0.15, 0.2) is 0 Å². The highest BCUT2D eigenvalue weighted by molar-refractivity contribution is 5.74. The van der Waals surface area contributed by atoms with Gasteiger partial charge in [0.05, 0.1) is 17.1 Å². The number of amides is 2. The van der Waals surface area contributed by atoms with E-state index >= 15 is 0 Å². The number of anilines is 1. The normalized spacial score (nSPS) is 14.4. The van der Waals surface area contributed by atoms with Gasteiger partial charge in [0.1, 0.15) is 0 Å². The third kappa shape index (κ3) is 6.68. The molecule has 1 aliphatic heterocycles. The molecule has 2 aromatic rings. The highest BCUT2D eigenvalue weighted by Gasteiger charge is 2.21. The van der Waals surface area contributed by atoms with Crippen molar-refractivity contribution >= 4 is 17.4 Å². The number of hydrogen-bond donors (Lipinski definition) is 1. The number of non-ortho nitro benzene ring substituents is 1. The van der Waals surface area contributed by atoms with Gasteiger partial charge in [-0.2, -0.15) is 0 Å². The smallest absolute Gasteiger partial charge is 0.317 e. The van der Waals surface area contributed by atoms with E-state index in [9.17, 15) is 14.9 Å². The van der Waals surface area contributed by atoms with Crippen LogP contribution in [-0.2, 0) is 17.9 Å². The molecule has 1 fully saturated rings. The van der Waals surface area contributed by atoms with E-state index in [0.717, 1.165) is 16.8 Å². The zero-order valence-electron chi connectivity index (χ0n) is 18.3. The third-order valence-corrected chi connectivity index (χ3v) is 5.10. The van der Waals surface area contributed by atoms with Crippen molar-refractivity contribution in [3.8, 4) is 0 Å². The molecule has 8 nitrogen and oxygen atoms in total. The summed E-state index contributed by atoms with van der Waals surface area (Å²) in [6.07, 6.45) is 0. The largest absolute Gasteiger partial charge is 0.371 e. The molecular formula is C23H30N4O4. The summed E-state index contributed by atoms with van der Waals surface area (Å²) >= 11 is 0. The summed E-state index contributed by atoms with van der Waals surface area (Å²) in [5.74, 6) is 0. The molecule has 0 spiro atoms. The summed E-state index contributed by atoms with van der Waals surface area (Å²) in [6.45, 7) is 9.65. The number of nitrogens with one attached hydrogen (secondary N) is 1. The van der Waals surface area contributed by atoms with Crippen LogP contribution in [0.5, 0.6) is 0 Å². The number of carbonyl (C=O) groups excluding carboxylic acids is 1. The number of nitro benzene ring substituents is 1. The molecule has 1 saturated heterocycles. The van der Waals surface area contributed by atoms with Gasteiger partial charge in [0, 0.05) is 50.5 Å². The Kier molecular flexibility index (Phi) is 7.12. The molecular weight excluding hydrogens is 396 g/mol. The summed E-state index contributed by atoms with van der Waals surface area (Å²) in [7, 11) is 0. The van der Waals surface area contributed by atoms with E-state index in [1.54, 1.807) is 17.0 Å². The molecule has 0 saturated carbocycles. The zero-order chi connectivity index (χ0) is 22.4.